The highest BCUT2D eigenvalue weighted by molar-refractivity contribution is 6.36. The van der Waals surface area contributed by atoms with Crippen LogP contribution < -0.4 is 14.8 Å². The number of carbonyl (C=O) groups is 2. The highest BCUT2D eigenvalue weighted by Crippen LogP contribution is 2.36. The van der Waals surface area contributed by atoms with Gasteiger partial charge in [0.25, 0.3) is 11.8 Å². The Labute approximate surface area is 179 Å². The number of nitrogens with one attached hydrogen (secondary N) is 1. The molecule has 4 rings (SSSR count). The summed E-state index contributed by atoms with van der Waals surface area (Å²) in [6, 6.07) is 16.2. The van der Waals surface area contributed by atoms with Crippen LogP contribution >= 0.6 is 0 Å². The van der Waals surface area contributed by atoms with Crippen molar-refractivity contribution in [3.05, 3.63) is 83.4 Å². The molecule has 2 aromatic carbocycles. The van der Waals surface area contributed by atoms with Gasteiger partial charge in [-0.15, -0.1) is 0 Å². The molecule has 2 heterocycles. The van der Waals surface area contributed by atoms with E-state index < -0.39 is 11.8 Å². The number of anilines is 1. The van der Waals surface area contributed by atoms with Crippen molar-refractivity contribution in [1.82, 2.24) is 4.90 Å². The first-order valence-corrected chi connectivity index (χ1v) is 9.70. The molecule has 0 atom stereocenters. The quantitative estimate of drug-likeness (QED) is 0.584. The molecule has 7 heteroatoms. The van der Waals surface area contributed by atoms with Gasteiger partial charge in [-0.2, -0.15) is 0 Å². The van der Waals surface area contributed by atoms with Gasteiger partial charge in [-0.3, -0.25) is 14.5 Å². The number of ether oxygens (including phenoxy) is 2. The number of benzene rings is 2. The number of hydrogen-bond donors (Lipinski definition) is 1. The predicted octanol–water partition coefficient (Wildman–Crippen LogP) is 4.00. The van der Waals surface area contributed by atoms with Crippen molar-refractivity contribution in [2.75, 3.05) is 19.5 Å². The van der Waals surface area contributed by atoms with E-state index in [9.17, 15) is 9.59 Å². The van der Waals surface area contributed by atoms with Gasteiger partial charge in [0.05, 0.1) is 32.6 Å². The van der Waals surface area contributed by atoms with Crippen LogP contribution in [0.15, 0.2) is 71.0 Å². The number of carbonyl (C=O) groups excluding carboxylic acids is 2. The van der Waals surface area contributed by atoms with Gasteiger partial charge in [0.15, 0.2) is 11.5 Å². The molecule has 31 heavy (non-hydrogen) atoms. The summed E-state index contributed by atoms with van der Waals surface area (Å²) in [5, 5.41) is 3.15. The SMILES string of the molecule is COc1ccc(C2=C(Nc3cccc(C)c3)C(=O)N(Cc3ccco3)C2=O)cc1OC. The Morgan fingerprint density at radius 3 is 2.42 bits per heavy atom. The molecule has 0 saturated carbocycles. The highest BCUT2D eigenvalue weighted by Gasteiger charge is 2.40. The number of methoxy groups -OCH3 is 2. The van der Waals surface area contributed by atoms with Crippen molar-refractivity contribution < 1.29 is 23.5 Å². The maximum absolute atomic E-state index is 13.4. The van der Waals surface area contributed by atoms with Crippen LogP contribution in [-0.2, 0) is 16.1 Å². The van der Waals surface area contributed by atoms with Gasteiger partial charge in [-0.25, -0.2) is 0 Å². The summed E-state index contributed by atoms with van der Waals surface area (Å²) in [6.45, 7) is 2.00. The van der Waals surface area contributed by atoms with Crippen LogP contribution in [0, 0.1) is 6.92 Å². The van der Waals surface area contributed by atoms with Gasteiger partial charge in [-0.1, -0.05) is 18.2 Å². The average molecular weight is 418 g/mol. The molecule has 1 aliphatic heterocycles. The monoisotopic (exact) mass is 418 g/mol. The zero-order valence-electron chi connectivity index (χ0n) is 17.5. The molecule has 0 aliphatic carbocycles. The lowest BCUT2D eigenvalue weighted by molar-refractivity contribution is -0.137. The van der Waals surface area contributed by atoms with Crippen LogP contribution in [0.25, 0.3) is 5.57 Å². The summed E-state index contributed by atoms with van der Waals surface area (Å²) >= 11 is 0. The third-order valence-corrected chi connectivity index (χ3v) is 5.02. The molecule has 7 nitrogen and oxygen atoms in total. The lowest BCUT2D eigenvalue weighted by Gasteiger charge is -2.14. The molecular formula is C24H22N2O5. The van der Waals surface area contributed by atoms with Crippen LogP contribution in [0.3, 0.4) is 0 Å². The zero-order chi connectivity index (χ0) is 22.0. The lowest BCUT2D eigenvalue weighted by Crippen LogP contribution is -2.31. The topological polar surface area (TPSA) is 81.0 Å². The van der Waals surface area contributed by atoms with Gasteiger partial charge < -0.3 is 19.2 Å². The molecule has 0 radical (unpaired) electrons. The smallest absolute Gasteiger partial charge is 0.278 e. The minimum Gasteiger partial charge on any atom is -0.493 e. The average Bonchev–Trinajstić information content (AvgIpc) is 3.36. The number of furan rings is 1. The van der Waals surface area contributed by atoms with E-state index in [0.717, 1.165) is 5.56 Å². The fourth-order valence-electron chi connectivity index (χ4n) is 3.52. The molecule has 0 bridgehead atoms. The van der Waals surface area contributed by atoms with E-state index in [1.54, 1.807) is 30.3 Å². The van der Waals surface area contributed by atoms with Crippen LogP contribution in [0.1, 0.15) is 16.9 Å². The van der Waals surface area contributed by atoms with Gasteiger partial charge in [0.2, 0.25) is 0 Å². The Hall–Kier alpha value is -4.00. The number of rotatable bonds is 7. The second-order valence-electron chi connectivity index (χ2n) is 7.09. The van der Waals surface area contributed by atoms with E-state index in [2.05, 4.69) is 5.32 Å². The Morgan fingerprint density at radius 1 is 0.935 bits per heavy atom. The summed E-state index contributed by atoms with van der Waals surface area (Å²) in [6.07, 6.45) is 1.51. The molecular weight excluding hydrogens is 396 g/mol. The molecule has 3 aromatic rings. The standard InChI is InChI=1S/C24H22N2O5/c1-15-6-4-7-17(12-15)25-22-21(16-9-10-19(29-2)20(13-16)30-3)23(27)26(24(22)28)14-18-8-5-11-31-18/h4-13,25H,14H2,1-3H3. The third kappa shape index (κ3) is 3.90. The Balaban J connectivity index is 1.79. The van der Waals surface area contributed by atoms with Crippen LogP contribution in [-0.4, -0.2) is 30.9 Å². The molecule has 0 unspecified atom stereocenters. The third-order valence-electron chi connectivity index (χ3n) is 5.02. The first kappa shape index (κ1) is 20.3. The molecule has 2 amide bonds. The van der Waals surface area contributed by atoms with E-state index in [4.69, 9.17) is 13.9 Å². The zero-order valence-corrected chi connectivity index (χ0v) is 17.5. The molecule has 158 valence electrons. The van der Waals surface area contributed by atoms with Gasteiger partial charge in [0.1, 0.15) is 11.5 Å². The summed E-state index contributed by atoms with van der Waals surface area (Å²) in [4.78, 5) is 27.8. The summed E-state index contributed by atoms with van der Waals surface area (Å²) in [7, 11) is 3.06. The Morgan fingerprint density at radius 2 is 1.74 bits per heavy atom. The summed E-state index contributed by atoms with van der Waals surface area (Å²) in [5.41, 5.74) is 2.76. The largest absolute Gasteiger partial charge is 0.493 e. The fourth-order valence-corrected chi connectivity index (χ4v) is 3.52. The molecule has 0 saturated heterocycles. The van der Waals surface area contributed by atoms with Crippen molar-refractivity contribution in [3.8, 4) is 11.5 Å². The number of hydrogen-bond acceptors (Lipinski definition) is 6. The summed E-state index contributed by atoms with van der Waals surface area (Å²) in [5.74, 6) is 0.679. The minimum absolute atomic E-state index is 0.0421. The maximum Gasteiger partial charge on any atom is 0.278 e. The van der Waals surface area contributed by atoms with Crippen molar-refractivity contribution in [2.24, 2.45) is 0 Å². The molecule has 1 aromatic heterocycles. The molecule has 1 N–H and O–H groups in total. The predicted molar refractivity (Wildman–Crippen MR) is 116 cm³/mol. The van der Waals surface area contributed by atoms with Crippen molar-refractivity contribution >= 4 is 23.1 Å². The second kappa shape index (κ2) is 8.39. The second-order valence-corrected chi connectivity index (χ2v) is 7.09. The maximum atomic E-state index is 13.4. The highest BCUT2D eigenvalue weighted by atomic mass is 16.5. The van der Waals surface area contributed by atoms with Gasteiger partial charge in [-0.05, 0) is 54.4 Å². The van der Waals surface area contributed by atoms with E-state index in [1.165, 1.54) is 25.4 Å². The van der Waals surface area contributed by atoms with Gasteiger partial charge >= 0.3 is 0 Å². The van der Waals surface area contributed by atoms with Crippen molar-refractivity contribution in [1.29, 1.82) is 0 Å². The first-order valence-electron chi connectivity index (χ1n) is 9.70. The lowest BCUT2D eigenvalue weighted by atomic mass is 10.0. The van der Waals surface area contributed by atoms with Gasteiger partial charge in [0, 0.05) is 5.69 Å². The molecule has 1 aliphatic rings. The van der Waals surface area contributed by atoms with E-state index in [-0.39, 0.29) is 17.8 Å². The Kier molecular flexibility index (Phi) is 5.49. The van der Waals surface area contributed by atoms with Crippen LogP contribution in [0.4, 0.5) is 5.69 Å². The van der Waals surface area contributed by atoms with E-state index >= 15 is 0 Å². The van der Waals surface area contributed by atoms with E-state index in [1.807, 2.05) is 31.2 Å². The van der Waals surface area contributed by atoms with Crippen LogP contribution in [0.5, 0.6) is 11.5 Å². The Bertz CT molecular complexity index is 1160. The number of nitrogens with zero attached hydrogens (tertiary/aromatic N) is 1. The van der Waals surface area contributed by atoms with Crippen LogP contribution in [0.2, 0.25) is 0 Å². The van der Waals surface area contributed by atoms with Crippen molar-refractivity contribution in [3.63, 3.8) is 0 Å². The first-order chi connectivity index (χ1) is 15.0. The minimum atomic E-state index is -0.423. The number of aryl methyl sites for hydroxylation is 1. The van der Waals surface area contributed by atoms with E-state index in [0.29, 0.717) is 28.5 Å². The molecule has 0 fully saturated rings. The summed E-state index contributed by atoms with van der Waals surface area (Å²) < 4.78 is 16.0. The normalized spacial score (nSPS) is 13.7. The van der Waals surface area contributed by atoms with Crippen molar-refractivity contribution in [2.45, 2.75) is 13.5 Å². The number of amides is 2. The fraction of sp³-hybridized carbons (Fsp3) is 0.167. The molecule has 0 spiro atoms. The number of imide groups is 1.